The van der Waals surface area contributed by atoms with Gasteiger partial charge in [0.05, 0.1) is 49.8 Å². The zero-order chi connectivity index (χ0) is 25.3. The van der Waals surface area contributed by atoms with Crippen LogP contribution in [-0.4, -0.2) is 38.5 Å². The molecule has 0 saturated heterocycles. The molecule has 0 radical (unpaired) electrons. The van der Waals surface area contributed by atoms with E-state index in [-0.39, 0.29) is 17.7 Å². The molecular weight excluding hydrogens is 540 g/mol. The fourth-order valence-electron chi connectivity index (χ4n) is 3.90. The van der Waals surface area contributed by atoms with Crippen molar-refractivity contribution < 1.29 is 28.2 Å². The predicted molar refractivity (Wildman–Crippen MR) is 133 cm³/mol. The van der Waals surface area contributed by atoms with Crippen LogP contribution in [-0.2, 0) is 9.53 Å². The van der Waals surface area contributed by atoms with Gasteiger partial charge < -0.3 is 23.4 Å². The number of carbonyl (C=O) groups excluding carboxylic acids is 1. The lowest BCUT2D eigenvalue weighted by molar-refractivity contribution is -0.139. The number of halogens is 1. The maximum atomic E-state index is 13.6. The molecule has 0 saturated carbocycles. The van der Waals surface area contributed by atoms with Crippen LogP contribution in [0.4, 0.5) is 0 Å². The second-order valence-corrected chi connectivity index (χ2v) is 9.19. The summed E-state index contributed by atoms with van der Waals surface area (Å²) in [5.41, 5.74) is 0.955. The number of methoxy groups -OCH3 is 3. The third-order valence-electron chi connectivity index (χ3n) is 5.39. The molecule has 184 valence electrons. The van der Waals surface area contributed by atoms with Gasteiger partial charge in [0, 0.05) is 6.08 Å². The van der Waals surface area contributed by atoms with E-state index in [1.165, 1.54) is 37.2 Å². The van der Waals surface area contributed by atoms with Gasteiger partial charge in [-0.25, -0.2) is 9.79 Å². The predicted octanol–water partition coefficient (Wildman–Crippen LogP) is 3.18. The van der Waals surface area contributed by atoms with E-state index in [9.17, 15) is 9.59 Å². The molecule has 3 aromatic rings. The van der Waals surface area contributed by atoms with Crippen LogP contribution in [0.15, 0.2) is 54.4 Å². The smallest absolute Gasteiger partial charge is 0.338 e. The third-order valence-corrected chi connectivity index (χ3v) is 6.80. The Morgan fingerprint density at radius 1 is 1.20 bits per heavy atom. The van der Waals surface area contributed by atoms with E-state index in [1.807, 2.05) is 0 Å². The summed E-state index contributed by atoms with van der Waals surface area (Å²) in [6.45, 7) is 3.62. The topological polar surface area (TPSA) is 101 Å². The molecule has 0 aliphatic carbocycles. The molecule has 9 nitrogen and oxygen atoms in total. The molecule has 1 aliphatic heterocycles. The van der Waals surface area contributed by atoms with Gasteiger partial charge in [-0.2, -0.15) is 0 Å². The van der Waals surface area contributed by atoms with Gasteiger partial charge in [-0.05, 0) is 59.6 Å². The van der Waals surface area contributed by atoms with Crippen molar-refractivity contribution in [3.8, 4) is 17.2 Å². The minimum atomic E-state index is -0.829. The van der Waals surface area contributed by atoms with Crippen molar-refractivity contribution in [2.45, 2.75) is 19.9 Å². The Labute approximate surface area is 213 Å². The lowest BCUT2D eigenvalue weighted by atomic mass is 9.95. The molecule has 4 rings (SSSR count). The number of nitrogens with zero attached hydrogens (tertiary/aromatic N) is 2. The Morgan fingerprint density at radius 2 is 1.89 bits per heavy atom. The first-order chi connectivity index (χ1) is 16.8. The van der Waals surface area contributed by atoms with Gasteiger partial charge in [-0.3, -0.25) is 9.36 Å². The molecular formula is C24H23BrN2O7S. The highest BCUT2D eigenvalue weighted by Gasteiger charge is 2.34. The zero-order valence-corrected chi connectivity index (χ0v) is 22.1. The van der Waals surface area contributed by atoms with Crippen molar-refractivity contribution in [2.24, 2.45) is 4.99 Å². The Hall–Kier alpha value is -3.31. The summed E-state index contributed by atoms with van der Waals surface area (Å²) < 4.78 is 29.8. The number of hydrogen-bond donors (Lipinski definition) is 0. The minimum Gasteiger partial charge on any atom is -0.493 e. The largest absolute Gasteiger partial charge is 0.493 e. The van der Waals surface area contributed by atoms with Crippen molar-refractivity contribution in [3.05, 3.63) is 71.2 Å². The average Bonchev–Trinajstić information content (AvgIpc) is 3.39. The lowest BCUT2D eigenvalue weighted by Gasteiger charge is -2.26. The number of benzene rings is 1. The normalized spacial score (nSPS) is 15.5. The van der Waals surface area contributed by atoms with Gasteiger partial charge in [0.25, 0.3) is 5.56 Å². The number of hydrogen-bond acceptors (Lipinski definition) is 9. The number of fused-ring (bicyclic) bond motifs is 1. The number of rotatable bonds is 7. The van der Waals surface area contributed by atoms with Crippen LogP contribution in [0.5, 0.6) is 17.2 Å². The molecule has 11 heteroatoms. The summed E-state index contributed by atoms with van der Waals surface area (Å²) in [7, 11) is 4.51. The number of thiazole rings is 1. The first kappa shape index (κ1) is 24.8. The number of furan rings is 1. The quantitative estimate of drug-likeness (QED) is 0.407. The summed E-state index contributed by atoms with van der Waals surface area (Å²) in [4.78, 5) is 31.7. The average molecular weight is 563 g/mol. The minimum absolute atomic E-state index is 0.176. The van der Waals surface area contributed by atoms with E-state index in [2.05, 4.69) is 20.9 Å². The van der Waals surface area contributed by atoms with Crippen LogP contribution >= 0.6 is 27.3 Å². The highest BCUT2D eigenvalue weighted by Crippen LogP contribution is 2.42. The van der Waals surface area contributed by atoms with Crippen LogP contribution in [0, 0.1) is 0 Å². The highest BCUT2D eigenvalue weighted by molar-refractivity contribution is 9.10. The summed E-state index contributed by atoms with van der Waals surface area (Å²) in [6, 6.07) is 6.08. The highest BCUT2D eigenvalue weighted by atomic mass is 79.9. The second-order valence-electron chi connectivity index (χ2n) is 7.40. The van der Waals surface area contributed by atoms with E-state index < -0.39 is 12.0 Å². The van der Waals surface area contributed by atoms with Crippen LogP contribution in [0.25, 0.3) is 6.08 Å². The summed E-state index contributed by atoms with van der Waals surface area (Å²) in [6.07, 6.45) is 1.64. The van der Waals surface area contributed by atoms with E-state index >= 15 is 0 Å². The summed E-state index contributed by atoms with van der Waals surface area (Å²) >= 11 is 4.47. The Kier molecular flexibility index (Phi) is 7.18. The number of ether oxygens (including phenoxy) is 4. The molecule has 0 fully saturated rings. The van der Waals surface area contributed by atoms with Crippen LogP contribution in [0.2, 0.25) is 0 Å². The molecule has 35 heavy (non-hydrogen) atoms. The number of aromatic nitrogens is 1. The third kappa shape index (κ3) is 4.53. The van der Waals surface area contributed by atoms with Crippen molar-refractivity contribution in [3.63, 3.8) is 0 Å². The van der Waals surface area contributed by atoms with Crippen molar-refractivity contribution in [1.82, 2.24) is 4.57 Å². The summed E-state index contributed by atoms with van der Waals surface area (Å²) in [5.74, 6) is 1.13. The van der Waals surface area contributed by atoms with Gasteiger partial charge in [0.2, 0.25) is 5.75 Å². The first-order valence-corrected chi connectivity index (χ1v) is 12.2. The molecule has 1 aliphatic rings. The van der Waals surface area contributed by atoms with Crippen molar-refractivity contribution >= 4 is 39.3 Å². The fraction of sp³-hybridized carbons (Fsp3) is 0.292. The standard InChI is InChI=1S/C24H23BrN2O7S/c1-6-33-23(29)19-12(2)26-24-27(22(28)17(35-24)11-14-7-8-18(25)34-14)20(19)13-9-15(30-3)21(32-5)16(10-13)31-4/h7-11,20H,6H2,1-5H3/b17-11-. The van der Waals surface area contributed by atoms with E-state index in [1.54, 1.807) is 44.2 Å². The summed E-state index contributed by atoms with van der Waals surface area (Å²) in [5, 5.41) is 0. The molecule has 0 bridgehead atoms. The molecule has 2 aromatic heterocycles. The Morgan fingerprint density at radius 3 is 2.43 bits per heavy atom. The number of carbonyl (C=O) groups is 1. The lowest BCUT2D eigenvalue weighted by Crippen LogP contribution is -2.40. The van der Waals surface area contributed by atoms with Gasteiger partial charge >= 0.3 is 5.97 Å². The molecule has 0 amide bonds. The van der Waals surface area contributed by atoms with Gasteiger partial charge in [-0.1, -0.05) is 11.3 Å². The van der Waals surface area contributed by atoms with E-state index in [0.717, 1.165) is 0 Å². The van der Waals surface area contributed by atoms with Crippen molar-refractivity contribution in [1.29, 1.82) is 0 Å². The molecule has 1 aromatic carbocycles. The molecule has 1 atom stereocenters. The monoisotopic (exact) mass is 562 g/mol. The fourth-order valence-corrected chi connectivity index (χ4v) is 5.25. The van der Waals surface area contributed by atoms with E-state index in [0.29, 0.717) is 48.3 Å². The van der Waals surface area contributed by atoms with Crippen LogP contribution < -0.4 is 29.1 Å². The maximum Gasteiger partial charge on any atom is 0.338 e. The maximum absolute atomic E-state index is 13.6. The SMILES string of the molecule is CCOC(=O)C1=C(C)N=c2s/c(=C\c3ccc(Br)o3)c(=O)n2C1c1cc(OC)c(OC)c(OC)c1. The first-order valence-electron chi connectivity index (χ1n) is 10.6. The molecule has 0 spiro atoms. The van der Waals surface area contributed by atoms with Crippen LogP contribution in [0.1, 0.15) is 31.2 Å². The van der Waals surface area contributed by atoms with E-state index in [4.69, 9.17) is 23.4 Å². The Bertz CT molecular complexity index is 1470. The molecule has 1 unspecified atom stereocenters. The van der Waals surface area contributed by atoms with Gasteiger partial charge in [0.1, 0.15) is 5.76 Å². The van der Waals surface area contributed by atoms with Crippen molar-refractivity contribution in [2.75, 3.05) is 27.9 Å². The number of esters is 1. The number of allylic oxidation sites excluding steroid dienone is 1. The Balaban J connectivity index is 2.02. The van der Waals surface area contributed by atoms with Gasteiger partial charge in [-0.15, -0.1) is 0 Å². The van der Waals surface area contributed by atoms with Gasteiger partial charge in [0.15, 0.2) is 21.0 Å². The zero-order valence-electron chi connectivity index (χ0n) is 19.7. The van der Waals surface area contributed by atoms with Crippen LogP contribution in [0.3, 0.4) is 0 Å². The second kappa shape index (κ2) is 10.1. The molecule has 3 heterocycles. The molecule has 0 N–H and O–H groups in total.